The fourth-order valence-corrected chi connectivity index (χ4v) is 2.78. The predicted molar refractivity (Wildman–Crippen MR) is 106 cm³/mol. The summed E-state index contributed by atoms with van der Waals surface area (Å²) >= 11 is 5.18. The van der Waals surface area contributed by atoms with Crippen molar-refractivity contribution in [2.45, 2.75) is 13.3 Å². The first-order chi connectivity index (χ1) is 12.4. The fourth-order valence-electron chi connectivity index (χ4n) is 2.48. The maximum atomic E-state index is 12.8. The zero-order chi connectivity index (χ0) is 19.1. The van der Waals surface area contributed by atoms with Crippen molar-refractivity contribution in [1.82, 2.24) is 10.2 Å². The molecular weight excluding hydrogens is 352 g/mol. The molecule has 1 heterocycles. The van der Waals surface area contributed by atoms with Crippen molar-refractivity contribution in [1.29, 1.82) is 0 Å². The van der Waals surface area contributed by atoms with Gasteiger partial charge in [0.15, 0.2) is 11.0 Å². The number of carbonyl (C=O) groups is 2. The van der Waals surface area contributed by atoms with E-state index in [-0.39, 0.29) is 5.11 Å². The number of nitrogens with one attached hydrogen (secondary N) is 1. The van der Waals surface area contributed by atoms with Crippen LogP contribution in [0.15, 0.2) is 29.3 Å². The van der Waals surface area contributed by atoms with Crippen LogP contribution in [0.4, 0.5) is 5.69 Å². The second-order valence-electron chi connectivity index (χ2n) is 6.08. The molecular formula is C18H24N4O3S. The van der Waals surface area contributed by atoms with Crippen LogP contribution in [0.5, 0.6) is 5.75 Å². The Morgan fingerprint density at radius 1 is 1.31 bits per heavy atom. The van der Waals surface area contributed by atoms with E-state index in [4.69, 9.17) is 17.0 Å². The summed E-state index contributed by atoms with van der Waals surface area (Å²) in [5.41, 5.74) is 0.578. The van der Waals surface area contributed by atoms with E-state index >= 15 is 0 Å². The summed E-state index contributed by atoms with van der Waals surface area (Å²) in [7, 11) is 3.97. The Balaban J connectivity index is 2.09. The van der Waals surface area contributed by atoms with Crippen molar-refractivity contribution < 1.29 is 14.3 Å². The quantitative estimate of drug-likeness (QED) is 0.322. The molecule has 0 aromatic heterocycles. The third kappa shape index (κ3) is 5.09. The Bertz CT molecular complexity index is 688. The number of amides is 2. The first kappa shape index (κ1) is 20.0. The van der Waals surface area contributed by atoms with Gasteiger partial charge in [0.1, 0.15) is 5.75 Å². The highest BCUT2D eigenvalue weighted by molar-refractivity contribution is 7.80. The van der Waals surface area contributed by atoms with Gasteiger partial charge in [-0.25, -0.2) is 0 Å². The molecule has 2 rings (SSSR count). The summed E-state index contributed by atoms with van der Waals surface area (Å²) in [6.07, 6.45) is 2.27. The van der Waals surface area contributed by atoms with Crippen molar-refractivity contribution in [2.24, 2.45) is 10.9 Å². The Kier molecular flexibility index (Phi) is 7.23. The summed E-state index contributed by atoms with van der Waals surface area (Å²) in [6, 6.07) is 6.99. The van der Waals surface area contributed by atoms with Gasteiger partial charge in [0.05, 0.1) is 12.3 Å². The topological polar surface area (TPSA) is 74.2 Å². The molecule has 8 heteroatoms. The van der Waals surface area contributed by atoms with Crippen molar-refractivity contribution in [3.8, 4) is 5.75 Å². The number of anilines is 1. The highest BCUT2D eigenvalue weighted by Gasteiger charge is 2.38. The average molecular weight is 376 g/mol. The van der Waals surface area contributed by atoms with E-state index in [0.29, 0.717) is 24.6 Å². The minimum atomic E-state index is -0.979. The van der Waals surface area contributed by atoms with Crippen LogP contribution in [0, 0.1) is 5.92 Å². The largest absolute Gasteiger partial charge is 0.494 e. The van der Waals surface area contributed by atoms with E-state index in [1.807, 2.05) is 21.0 Å². The Hall–Kier alpha value is -2.32. The van der Waals surface area contributed by atoms with Gasteiger partial charge in [-0.05, 0) is 70.5 Å². The van der Waals surface area contributed by atoms with E-state index in [9.17, 15) is 9.59 Å². The van der Waals surface area contributed by atoms with Crippen molar-refractivity contribution >= 4 is 41.0 Å². The van der Waals surface area contributed by atoms with Crippen molar-refractivity contribution in [2.75, 3.05) is 38.7 Å². The number of benzene rings is 1. The molecule has 0 saturated carbocycles. The van der Waals surface area contributed by atoms with Crippen LogP contribution in [0.2, 0.25) is 0 Å². The molecule has 1 saturated heterocycles. The monoisotopic (exact) mass is 376 g/mol. The SMILES string of the molecule is CCOc1ccc(N2C(=O)[C@H](C=NCCCN(C)C)C(=O)NC2=S)cc1. The molecule has 0 spiro atoms. The average Bonchev–Trinajstić information content (AvgIpc) is 2.58. The van der Waals surface area contributed by atoms with Crippen LogP contribution in [0.25, 0.3) is 0 Å². The highest BCUT2D eigenvalue weighted by Crippen LogP contribution is 2.23. The Morgan fingerprint density at radius 3 is 2.62 bits per heavy atom. The summed E-state index contributed by atoms with van der Waals surface area (Å²) in [5, 5.41) is 2.64. The molecule has 7 nitrogen and oxygen atoms in total. The molecule has 1 atom stereocenters. The standard InChI is InChI=1S/C18H24N4O3S/c1-4-25-14-8-6-13(7-9-14)22-17(24)15(16(23)20-18(22)26)12-19-10-5-11-21(2)3/h6-9,12,15H,4-5,10-11H2,1-3H3,(H,20,23,26)/t15-/m1/s1. The van der Waals surface area contributed by atoms with E-state index in [1.54, 1.807) is 24.3 Å². The molecule has 2 amide bonds. The molecule has 1 aliphatic heterocycles. The highest BCUT2D eigenvalue weighted by atomic mass is 32.1. The summed E-state index contributed by atoms with van der Waals surface area (Å²) < 4.78 is 5.40. The number of hydrogen-bond donors (Lipinski definition) is 1. The van der Waals surface area contributed by atoms with Gasteiger partial charge in [-0.15, -0.1) is 0 Å². The van der Waals surface area contributed by atoms with Crippen molar-refractivity contribution in [3.05, 3.63) is 24.3 Å². The summed E-state index contributed by atoms with van der Waals surface area (Å²) in [4.78, 5) is 32.5. The van der Waals surface area contributed by atoms with Gasteiger partial charge in [0, 0.05) is 12.8 Å². The zero-order valence-electron chi connectivity index (χ0n) is 15.3. The van der Waals surface area contributed by atoms with Crippen LogP contribution in [0.1, 0.15) is 13.3 Å². The van der Waals surface area contributed by atoms with Crippen LogP contribution in [-0.4, -0.2) is 61.8 Å². The van der Waals surface area contributed by atoms with E-state index in [2.05, 4.69) is 15.2 Å². The van der Waals surface area contributed by atoms with Gasteiger partial charge in [-0.3, -0.25) is 19.5 Å². The molecule has 0 unspecified atom stereocenters. The lowest BCUT2D eigenvalue weighted by Gasteiger charge is -2.31. The third-order valence-electron chi connectivity index (χ3n) is 3.76. The smallest absolute Gasteiger partial charge is 0.251 e. The molecule has 1 N–H and O–H groups in total. The second-order valence-corrected chi connectivity index (χ2v) is 6.47. The normalized spacial score (nSPS) is 17.9. The lowest BCUT2D eigenvalue weighted by atomic mass is 10.1. The fraction of sp³-hybridized carbons (Fsp3) is 0.444. The molecule has 140 valence electrons. The zero-order valence-corrected chi connectivity index (χ0v) is 16.1. The van der Waals surface area contributed by atoms with Gasteiger partial charge in [-0.2, -0.15) is 0 Å². The third-order valence-corrected chi connectivity index (χ3v) is 4.04. The maximum absolute atomic E-state index is 12.8. The number of thiocarbonyl (C=S) groups is 1. The van der Waals surface area contributed by atoms with Crippen LogP contribution >= 0.6 is 12.2 Å². The number of hydrogen-bond acceptors (Lipinski definition) is 6. The summed E-state index contributed by atoms with van der Waals surface area (Å²) in [5.74, 6) is -1.12. The van der Waals surface area contributed by atoms with Gasteiger partial charge >= 0.3 is 0 Å². The summed E-state index contributed by atoms with van der Waals surface area (Å²) in [6.45, 7) is 3.91. The molecule has 26 heavy (non-hydrogen) atoms. The molecule has 0 bridgehead atoms. The van der Waals surface area contributed by atoms with Crippen LogP contribution < -0.4 is 15.0 Å². The first-order valence-electron chi connectivity index (χ1n) is 8.50. The molecule has 0 aliphatic carbocycles. The molecule has 1 aromatic carbocycles. The Morgan fingerprint density at radius 2 is 2.00 bits per heavy atom. The van der Waals surface area contributed by atoms with E-state index in [1.165, 1.54) is 11.1 Å². The minimum absolute atomic E-state index is 0.0708. The van der Waals surface area contributed by atoms with Gasteiger partial charge < -0.3 is 15.0 Å². The number of carbonyl (C=O) groups excluding carboxylic acids is 2. The van der Waals surface area contributed by atoms with Gasteiger partial charge in [0.25, 0.3) is 5.91 Å². The Labute approximate surface area is 159 Å². The first-order valence-corrected chi connectivity index (χ1v) is 8.91. The maximum Gasteiger partial charge on any atom is 0.251 e. The lowest BCUT2D eigenvalue weighted by molar-refractivity contribution is -0.130. The van der Waals surface area contributed by atoms with E-state index < -0.39 is 17.7 Å². The van der Waals surface area contributed by atoms with Gasteiger partial charge in [0.2, 0.25) is 5.91 Å². The lowest BCUT2D eigenvalue weighted by Crippen LogP contribution is -2.58. The number of ether oxygens (including phenoxy) is 1. The molecule has 0 radical (unpaired) electrons. The van der Waals surface area contributed by atoms with Crippen LogP contribution in [-0.2, 0) is 9.59 Å². The van der Waals surface area contributed by atoms with Gasteiger partial charge in [-0.1, -0.05) is 0 Å². The van der Waals surface area contributed by atoms with Crippen molar-refractivity contribution in [3.63, 3.8) is 0 Å². The molecule has 1 aromatic rings. The molecule has 1 aliphatic rings. The van der Waals surface area contributed by atoms with Crippen LogP contribution in [0.3, 0.4) is 0 Å². The minimum Gasteiger partial charge on any atom is -0.494 e. The number of nitrogens with zero attached hydrogens (tertiary/aromatic N) is 3. The molecule has 1 fully saturated rings. The van der Waals surface area contributed by atoms with E-state index in [0.717, 1.165) is 13.0 Å². The number of aliphatic imine (C=N–C) groups is 1. The predicted octanol–water partition coefficient (Wildman–Crippen LogP) is 1.47. The number of rotatable bonds is 8. The second kappa shape index (κ2) is 9.40.